The van der Waals surface area contributed by atoms with Gasteiger partial charge in [0.2, 0.25) is 11.8 Å². The molecular weight excluding hydrogens is 516 g/mol. The molecule has 11 nitrogen and oxygen atoms in total. The number of esters is 1. The van der Waals surface area contributed by atoms with Gasteiger partial charge in [0.15, 0.2) is 0 Å². The Morgan fingerprint density at radius 1 is 1.12 bits per heavy atom. The van der Waals surface area contributed by atoms with Crippen LogP contribution in [0.4, 0.5) is 10.5 Å². The molecule has 0 saturated heterocycles. The van der Waals surface area contributed by atoms with Crippen molar-refractivity contribution in [2.45, 2.75) is 83.5 Å². The Labute approximate surface area is 234 Å². The van der Waals surface area contributed by atoms with Crippen molar-refractivity contribution in [3.63, 3.8) is 0 Å². The number of hydrogen-bond donors (Lipinski definition) is 3. The third kappa shape index (κ3) is 7.31. The van der Waals surface area contributed by atoms with Crippen LogP contribution in [0, 0.1) is 23.7 Å². The first kappa shape index (κ1) is 29.4. The first-order valence-electron chi connectivity index (χ1n) is 14.0. The number of ether oxygens (including phenoxy) is 2. The van der Waals surface area contributed by atoms with Crippen molar-refractivity contribution in [1.29, 1.82) is 0 Å². The molecule has 0 radical (unpaired) electrons. The number of alkyl carbamates (subject to hydrolysis) is 1. The predicted octanol–water partition coefficient (Wildman–Crippen LogP) is 2.74. The third-order valence-corrected chi connectivity index (χ3v) is 8.06. The first-order valence-corrected chi connectivity index (χ1v) is 14.0. The molecule has 40 heavy (non-hydrogen) atoms. The number of rotatable bonds is 10. The van der Waals surface area contributed by atoms with Crippen LogP contribution in [0.25, 0.3) is 0 Å². The van der Waals surface area contributed by atoms with Gasteiger partial charge in [-0.2, -0.15) is 0 Å². The minimum atomic E-state index is -1.05. The van der Waals surface area contributed by atoms with Crippen LogP contribution in [0.15, 0.2) is 35.3 Å². The number of methoxy groups -OCH3 is 1. The van der Waals surface area contributed by atoms with Crippen molar-refractivity contribution in [1.82, 2.24) is 15.2 Å². The quantitative estimate of drug-likeness (QED) is 0.297. The van der Waals surface area contributed by atoms with Gasteiger partial charge in [-0.15, -0.1) is 0 Å². The molecule has 0 aromatic carbocycles. The molecule has 4 aliphatic rings. The Morgan fingerprint density at radius 3 is 2.58 bits per heavy atom. The van der Waals surface area contributed by atoms with Crippen LogP contribution < -0.4 is 21.5 Å². The lowest BCUT2D eigenvalue weighted by Crippen LogP contribution is -2.47. The standard InChI is InChI=1S/C29H40N4O7/c1-29(2,3)40-28(38)31-21(8-5-6-10-24(35)39-4)26(36)30-22-9-7-11-33(27(22)37)16-23(34)32-25-19-13-17-12-18(15-19)20(25)14-17/h6-7,9-11,17-21,25H,5,8,12-16H2,1-4H3,(H,30,36)(H,31,38)(H,32,34)/b10-6+/t17?,18?,19?,20?,21-,25?/m0/s1. The minimum Gasteiger partial charge on any atom is -0.466 e. The highest BCUT2D eigenvalue weighted by molar-refractivity contribution is 5.96. The van der Waals surface area contributed by atoms with Gasteiger partial charge < -0.3 is 30.0 Å². The summed E-state index contributed by atoms with van der Waals surface area (Å²) in [5.41, 5.74) is -1.32. The number of nitrogens with one attached hydrogen (secondary N) is 3. The van der Waals surface area contributed by atoms with Crippen LogP contribution in [0.3, 0.4) is 0 Å². The van der Waals surface area contributed by atoms with Crippen molar-refractivity contribution < 1.29 is 28.7 Å². The van der Waals surface area contributed by atoms with E-state index in [1.54, 1.807) is 26.8 Å². The zero-order valence-electron chi connectivity index (χ0n) is 23.6. The maximum atomic E-state index is 13.1. The summed E-state index contributed by atoms with van der Waals surface area (Å²) in [6, 6.07) is 2.16. The predicted molar refractivity (Wildman–Crippen MR) is 147 cm³/mol. The van der Waals surface area contributed by atoms with Crippen LogP contribution in [0.2, 0.25) is 0 Å². The summed E-state index contributed by atoms with van der Waals surface area (Å²) in [6.45, 7) is 4.95. The highest BCUT2D eigenvalue weighted by Crippen LogP contribution is 2.58. The van der Waals surface area contributed by atoms with Gasteiger partial charge >= 0.3 is 12.1 Å². The van der Waals surface area contributed by atoms with Crippen LogP contribution in [0.5, 0.6) is 0 Å². The van der Waals surface area contributed by atoms with E-state index in [1.165, 1.54) is 61.8 Å². The number of aromatic nitrogens is 1. The fraction of sp³-hybridized carbons (Fsp3) is 0.621. The molecule has 4 fully saturated rings. The molecule has 3 amide bonds. The average Bonchev–Trinajstić information content (AvgIpc) is 3.29. The largest absolute Gasteiger partial charge is 0.466 e. The molecule has 218 valence electrons. The molecule has 0 aliphatic heterocycles. The van der Waals surface area contributed by atoms with Gasteiger partial charge in [-0.05, 0) is 95.1 Å². The molecule has 4 bridgehead atoms. The second-order valence-electron chi connectivity index (χ2n) is 12.1. The second kappa shape index (κ2) is 12.3. The van der Waals surface area contributed by atoms with E-state index in [9.17, 15) is 24.0 Å². The third-order valence-electron chi connectivity index (χ3n) is 8.06. The number of amides is 3. The van der Waals surface area contributed by atoms with E-state index in [-0.39, 0.29) is 37.0 Å². The fourth-order valence-electron chi connectivity index (χ4n) is 6.55. The molecular formula is C29H40N4O7. The summed E-state index contributed by atoms with van der Waals surface area (Å²) in [5, 5.41) is 8.30. The van der Waals surface area contributed by atoms with Gasteiger partial charge in [0.25, 0.3) is 5.56 Å². The molecule has 1 heterocycles. The van der Waals surface area contributed by atoms with E-state index in [1.807, 2.05) is 0 Å². The summed E-state index contributed by atoms with van der Waals surface area (Å²) in [6.07, 6.45) is 8.70. The Morgan fingerprint density at radius 2 is 1.88 bits per heavy atom. The van der Waals surface area contributed by atoms with E-state index in [4.69, 9.17) is 4.74 Å². The number of carbonyl (C=O) groups is 4. The Hall–Kier alpha value is -3.63. The van der Waals surface area contributed by atoms with Crippen molar-refractivity contribution >= 4 is 29.6 Å². The minimum absolute atomic E-state index is 0.0139. The van der Waals surface area contributed by atoms with Crippen molar-refractivity contribution in [3.8, 4) is 0 Å². The lowest BCUT2D eigenvalue weighted by molar-refractivity contribution is -0.134. The van der Waals surface area contributed by atoms with Crippen LogP contribution in [0.1, 0.15) is 59.3 Å². The Bertz CT molecular complexity index is 1210. The average molecular weight is 557 g/mol. The number of pyridine rings is 1. The molecule has 4 saturated carbocycles. The lowest BCUT2D eigenvalue weighted by atomic mass is 9.79. The molecule has 11 heteroatoms. The Balaban J connectivity index is 1.39. The summed E-state index contributed by atoms with van der Waals surface area (Å²) in [7, 11) is 1.26. The van der Waals surface area contributed by atoms with Gasteiger partial charge in [-0.1, -0.05) is 6.08 Å². The second-order valence-corrected chi connectivity index (χ2v) is 12.1. The normalized spacial score (nSPS) is 25.4. The SMILES string of the molecule is COC(=O)/C=C/CC[C@H](NC(=O)OC(C)(C)C)C(=O)Nc1cccn(CC(=O)NC2C3CC4CC(C3)C2C4)c1=O. The smallest absolute Gasteiger partial charge is 0.408 e. The highest BCUT2D eigenvalue weighted by atomic mass is 16.6. The summed E-state index contributed by atoms with van der Waals surface area (Å²) >= 11 is 0. The van der Waals surface area contributed by atoms with Crippen molar-refractivity contribution in [3.05, 3.63) is 40.8 Å². The number of carbonyl (C=O) groups excluding carboxylic acids is 4. The number of nitrogens with zero attached hydrogens (tertiary/aromatic N) is 1. The number of allylic oxidation sites excluding steroid dienone is 1. The monoisotopic (exact) mass is 556 g/mol. The zero-order chi connectivity index (χ0) is 29.0. The molecule has 4 aliphatic carbocycles. The molecule has 5 rings (SSSR count). The fourth-order valence-corrected chi connectivity index (χ4v) is 6.55. The van der Waals surface area contributed by atoms with Crippen molar-refractivity contribution in [2.75, 3.05) is 12.4 Å². The number of hydrogen-bond acceptors (Lipinski definition) is 7. The highest BCUT2D eigenvalue weighted by Gasteiger charge is 2.54. The zero-order valence-corrected chi connectivity index (χ0v) is 23.6. The molecule has 5 unspecified atom stereocenters. The molecule has 1 aromatic heterocycles. The van der Waals surface area contributed by atoms with E-state index in [0.29, 0.717) is 17.8 Å². The van der Waals surface area contributed by atoms with E-state index < -0.39 is 35.2 Å². The maximum Gasteiger partial charge on any atom is 0.408 e. The molecule has 6 atom stereocenters. The summed E-state index contributed by atoms with van der Waals surface area (Å²) in [4.78, 5) is 62.9. The topological polar surface area (TPSA) is 145 Å². The van der Waals surface area contributed by atoms with Gasteiger partial charge in [0, 0.05) is 18.3 Å². The molecule has 0 spiro atoms. The lowest BCUT2D eigenvalue weighted by Gasteiger charge is -2.32. The van der Waals surface area contributed by atoms with E-state index in [2.05, 4.69) is 20.7 Å². The van der Waals surface area contributed by atoms with Gasteiger partial charge in [-0.25, -0.2) is 9.59 Å². The summed E-state index contributed by atoms with van der Waals surface area (Å²) in [5.74, 6) is 1.22. The first-order chi connectivity index (χ1) is 18.9. The van der Waals surface area contributed by atoms with Gasteiger partial charge in [0.05, 0.1) is 7.11 Å². The van der Waals surface area contributed by atoms with Crippen LogP contribution in [-0.2, 0) is 30.4 Å². The Kier molecular flexibility index (Phi) is 9.00. The number of anilines is 1. The van der Waals surface area contributed by atoms with Crippen molar-refractivity contribution in [2.24, 2.45) is 23.7 Å². The molecule has 1 aromatic rings. The van der Waals surface area contributed by atoms with Gasteiger partial charge in [0.1, 0.15) is 23.9 Å². The van der Waals surface area contributed by atoms with Crippen LogP contribution >= 0.6 is 0 Å². The van der Waals surface area contributed by atoms with E-state index in [0.717, 1.165) is 5.92 Å². The summed E-state index contributed by atoms with van der Waals surface area (Å²) < 4.78 is 11.1. The molecule has 3 N–H and O–H groups in total. The maximum absolute atomic E-state index is 13.1. The van der Waals surface area contributed by atoms with Crippen LogP contribution in [-0.4, -0.2) is 53.2 Å². The van der Waals surface area contributed by atoms with Gasteiger partial charge in [-0.3, -0.25) is 14.4 Å². The van der Waals surface area contributed by atoms with E-state index >= 15 is 0 Å².